The van der Waals surface area contributed by atoms with Gasteiger partial charge in [-0.15, -0.1) is 0 Å². The summed E-state index contributed by atoms with van der Waals surface area (Å²) in [6, 6.07) is 14.2. The standard InChI is InChI=1S/C18H12ClIN2O3S/c19-14-4-2-1-3-11(14)9-15-17(24)22(18(25)26-15)10-16(23)21-13-7-5-12(20)6-8-13/h1-9H,10H2,(H,21,23)/b15-9+. The number of halogens is 2. The Morgan fingerprint density at radius 2 is 1.85 bits per heavy atom. The lowest BCUT2D eigenvalue weighted by atomic mass is 10.2. The van der Waals surface area contributed by atoms with Crippen LogP contribution in [0.1, 0.15) is 5.56 Å². The SMILES string of the molecule is O=C(CN1C(=O)S/C(=C/c2ccccc2Cl)C1=O)Nc1ccc(I)cc1. The number of hydrogen-bond acceptors (Lipinski definition) is 4. The first kappa shape index (κ1) is 18.9. The molecule has 1 aliphatic rings. The Kier molecular flexibility index (Phi) is 6.00. The summed E-state index contributed by atoms with van der Waals surface area (Å²) in [4.78, 5) is 37.9. The minimum Gasteiger partial charge on any atom is -0.325 e. The first-order valence-electron chi connectivity index (χ1n) is 7.49. The zero-order valence-corrected chi connectivity index (χ0v) is 17.0. The second-order valence-corrected chi connectivity index (χ2v) is 7.99. The molecule has 1 heterocycles. The van der Waals surface area contributed by atoms with Crippen LogP contribution in [0, 0.1) is 3.57 Å². The largest absolute Gasteiger partial charge is 0.325 e. The highest BCUT2D eigenvalue weighted by molar-refractivity contribution is 14.1. The second kappa shape index (κ2) is 8.24. The Morgan fingerprint density at radius 3 is 2.54 bits per heavy atom. The van der Waals surface area contributed by atoms with Crippen LogP contribution in [0.25, 0.3) is 6.08 Å². The maximum absolute atomic E-state index is 12.5. The third-order valence-electron chi connectivity index (χ3n) is 3.50. The number of thioether (sulfide) groups is 1. The number of rotatable bonds is 4. The Morgan fingerprint density at radius 1 is 1.15 bits per heavy atom. The van der Waals surface area contributed by atoms with Crippen molar-refractivity contribution in [1.82, 2.24) is 4.90 Å². The second-order valence-electron chi connectivity index (χ2n) is 5.34. The van der Waals surface area contributed by atoms with Gasteiger partial charge in [0, 0.05) is 14.3 Å². The maximum Gasteiger partial charge on any atom is 0.294 e. The van der Waals surface area contributed by atoms with E-state index in [0.717, 1.165) is 20.2 Å². The Bertz CT molecular complexity index is 915. The zero-order chi connectivity index (χ0) is 18.7. The van der Waals surface area contributed by atoms with Gasteiger partial charge in [-0.1, -0.05) is 29.8 Å². The first-order valence-corrected chi connectivity index (χ1v) is 9.76. The third kappa shape index (κ3) is 4.46. The van der Waals surface area contributed by atoms with E-state index in [2.05, 4.69) is 27.9 Å². The van der Waals surface area contributed by atoms with Gasteiger partial charge in [-0.05, 0) is 76.3 Å². The van der Waals surface area contributed by atoms with E-state index in [1.54, 1.807) is 42.5 Å². The summed E-state index contributed by atoms with van der Waals surface area (Å²) < 4.78 is 1.04. The molecule has 0 saturated carbocycles. The number of carbonyl (C=O) groups excluding carboxylic acids is 3. The Balaban J connectivity index is 1.70. The van der Waals surface area contributed by atoms with Crippen LogP contribution in [0.5, 0.6) is 0 Å². The van der Waals surface area contributed by atoms with E-state index < -0.39 is 17.1 Å². The highest BCUT2D eigenvalue weighted by Crippen LogP contribution is 2.33. The van der Waals surface area contributed by atoms with E-state index in [1.807, 2.05) is 12.1 Å². The molecule has 0 spiro atoms. The molecule has 5 nitrogen and oxygen atoms in total. The third-order valence-corrected chi connectivity index (χ3v) is 5.47. The zero-order valence-electron chi connectivity index (χ0n) is 13.2. The number of nitrogens with one attached hydrogen (secondary N) is 1. The number of nitrogens with zero attached hydrogens (tertiary/aromatic N) is 1. The van der Waals surface area contributed by atoms with Gasteiger partial charge in [0.2, 0.25) is 5.91 Å². The molecule has 1 N–H and O–H groups in total. The molecule has 3 rings (SSSR count). The van der Waals surface area contributed by atoms with Crippen LogP contribution >= 0.6 is 46.0 Å². The molecular weight excluding hydrogens is 487 g/mol. The fraction of sp³-hybridized carbons (Fsp3) is 0.0556. The molecule has 8 heteroatoms. The molecule has 2 aromatic rings. The van der Waals surface area contributed by atoms with E-state index in [9.17, 15) is 14.4 Å². The molecule has 3 amide bonds. The molecule has 1 saturated heterocycles. The molecule has 0 atom stereocenters. The summed E-state index contributed by atoms with van der Waals surface area (Å²) in [5.41, 5.74) is 1.25. The van der Waals surface area contributed by atoms with Gasteiger partial charge in [0.05, 0.1) is 4.91 Å². The molecule has 26 heavy (non-hydrogen) atoms. The normalized spacial score (nSPS) is 15.6. The molecule has 1 aliphatic heterocycles. The average Bonchev–Trinajstić information content (AvgIpc) is 2.86. The Hall–Kier alpha value is -1.84. The molecule has 0 aliphatic carbocycles. The van der Waals surface area contributed by atoms with Crippen LogP contribution in [-0.2, 0) is 9.59 Å². The molecule has 0 unspecified atom stereocenters. The van der Waals surface area contributed by atoms with Crippen molar-refractivity contribution in [2.45, 2.75) is 0 Å². The average molecular weight is 499 g/mol. The molecule has 0 aromatic heterocycles. The highest BCUT2D eigenvalue weighted by Gasteiger charge is 2.36. The predicted molar refractivity (Wildman–Crippen MR) is 112 cm³/mol. The van der Waals surface area contributed by atoms with Crippen LogP contribution in [0.15, 0.2) is 53.4 Å². The van der Waals surface area contributed by atoms with Crippen molar-refractivity contribution in [3.63, 3.8) is 0 Å². The van der Waals surface area contributed by atoms with Crippen LogP contribution in [0.4, 0.5) is 10.5 Å². The lowest BCUT2D eigenvalue weighted by Crippen LogP contribution is -2.36. The van der Waals surface area contributed by atoms with E-state index in [-0.39, 0.29) is 11.4 Å². The van der Waals surface area contributed by atoms with Gasteiger partial charge in [0.25, 0.3) is 11.1 Å². The van der Waals surface area contributed by atoms with Gasteiger partial charge in [0.1, 0.15) is 6.54 Å². The van der Waals surface area contributed by atoms with Crippen molar-refractivity contribution in [3.05, 3.63) is 67.6 Å². The summed E-state index contributed by atoms with van der Waals surface area (Å²) >= 11 is 9.04. The number of hydrogen-bond donors (Lipinski definition) is 1. The maximum atomic E-state index is 12.5. The Labute approximate surface area is 172 Å². The molecule has 2 aromatic carbocycles. The smallest absolute Gasteiger partial charge is 0.294 e. The van der Waals surface area contributed by atoms with E-state index >= 15 is 0 Å². The van der Waals surface area contributed by atoms with Crippen molar-refractivity contribution in [1.29, 1.82) is 0 Å². The number of anilines is 1. The van der Waals surface area contributed by atoms with Crippen LogP contribution < -0.4 is 5.32 Å². The quantitative estimate of drug-likeness (QED) is 0.493. The molecule has 132 valence electrons. The van der Waals surface area contributed by atoms with Gasteiger partial charge >= 0.3 is 0 Å². The minimum atomic E-state index is -0.502. The van der Waals surface area contributed by atoms with E-state index in [0.29, 0.717) is 16.3 Å². The first-order chi connectivity index (χ1) is 12.4. The van der Waals surface area contributed by atoms with Gasteiger partial charge in [-0.25, -0.2) is 0 Å². The summed E-state index contributed by atoms with van der Waals surface area (Å²) in [6.45, 7) is -0.337. The van der Waals surface area contributed by atoms with Crippen LogP contribution in [0.3, 0.4) is 0 Å². The van der Waals surface area contributed by atoms with Gasteiger partial charge in [-0.2, -0.15) is 0 Å². The van der Waals surface area contributed by atoms with E-state index in [1.165, 1.54) is 0 Å². The molecule has 1 fully saturated rings. The van der Waals surface area contributed by atoms with Crippen molar-refractivity contribution in [3.8, 4) is 0 Å². The topological polar surface area (TPSA) is 66.5 Å². The fourth-order valence-electron chi connectivity index (χ4n) is 2.25. The number of imide groups is 1. The molecule has 0 radical (unpaired) electrons. The summed E-state index contributed by atoms with van der Waals surface area (Å²) in [6.07, 6.45) is 1.56. The van der Waals surface area contributed by atoms with Crippen molar-refractivity contribution >= 4 is 74.8 Å². The number of benzene rings is 2. The van der Waals surface area contributed by atoms with Crippen molar-refractivity contribution in [2.24, 2.45) is 0 Å². The van der Waals surface area contributed by atoms with Crippen LogP contribution in [0.2, 0.25) is 5.02 Å². The van der Waals surface area contributed by atoms with Crippen molar-refractivity contribution in [2.75, 3.05) is 11.9 Å². The number of amides is 3. The van der Waals surface area contributed by atoms with E-state index in [4.69, 9.17) is 11.6 Å². The van der Waals surface area contributed by atoms with Crippen molar-refractivity contribution < 1.29 is 14.4 Å². The van der Waals surface area contributed by atoms with Gasteiger partial charge < -0.3 is 5.32 Å². The predicted octanol–water partition coefficient (Wildman–Crippen LogP) is 4.62. The van der Waals surface area contributed by atoms with Gasteiger partial charge in [-0.3, -0.25) is 19.3 Å². The highest BCUT2D eigenvalue weighted by atomic mass is 127. The summed E-state index contributed by atoms with van der Waals surface area (Å²) in [7, 11) is 0. The minimum absolute atomic E-state index is 0.241. The molecule has 0 bridgehead atoms. The lowest BCUT2D eigenvalue weighted by Gasteiger charge is -2.12. The number of carbonyl (C=O) groups is 3. The fourth-order valence-corrected chi connectivity index (χ4v) is 3.63. The monoisotopic (exact) mass is 498 g/mol. The molecular formula is C18H12ClIN2O3S. The lowest BCUT2D eigenvalue weighted by molar-refractivity contribution is -0.127. The van der Waals surface area contributed by atoms with Crippen LogP contribution in [-0.4, -0.2) is 28.5 Å². The summed E-state index contributed by atoms with van der Waals surface area (Å²) in [5.74, 6) is -0.940. The van der Waals surface area contributed by atoms with Gasteiger partial charge in [0.15, 0.2) is 0 Å². The summed E-state index contributed by atoms with van der Waals surface area (Å²) in [5, 5.41) is 2.67.